The lowest BCUT2D eigenvalue weighted by atomic mass is 9.96. The van der Waals surface area contributed by atoms with Crippen LogP contribution in [0.1, 0.15) is 94.4 Å². The highest BCUT2D eigenvalue weighted by Crippen LogP contribution is 2.35. The Morgan fingerprint density at radius 3 is 2.67 bits per heavy atom. The first-order chi connectivity index (χ1) is 21.8. The average molecular weight is 624 g/mol. The zero-order valence-electron chi connectivity index (χ0n) is 26.8. The molecule has 0 spiro atoms. The van der Waals surface area contributed by atoms with Crippen LogP contribution >= 0.6 is 0 Å². The minimum Gasteiger partial charge on any atom is -0.463 e. The molecule has 1 atom stereocenters. The molecule has 246 valence electrons. The van der Waals surface area contributed by atoms with Crippen molar-refractivity contribution in [2.45, 2.75) is 103 Å². The van der Waals surface area contributed by atoms with Crippen LogP contribution in [0.2, 0.25) is 0 Å². The molecule has 5 rings (SSSR count). The lowest BCUT2D eigenvalue weighted by Crippen LogP contribution is -2.39. The fourth-order valence-electron chi connectivity index (χ4n) is 6.03. The van der Waals surface area contributed by atoms with Crippen molar-refractivity contribution in [1.82, 2.24) is 10.2 Å². The molecule has 2 aromatic rings. The van der Waals surface area contributed by atoms with Crippen molar-refractivity contribution in [3.8, 4) is 5.75 Å². The minimum atomic E-state index is -0.631. The van der Waals surface area contributed by atoms with E-state index >= 15 is 0 Å². The normalized spacial score (nSPS) is 19.5. The molecule has 0 radical (unpaired) electrons. The molecule has 0 unspecified atom stereocenters. The molecule has 1 aliphatic carbocycles. The first-order valence-corrected chi connectivity index (χ1v) is 16.6. The van der Waals surface area contributed by atoms with Crippen molar-refractivity contribution in [3.63, 3.8) is 0 Å². The second-order valence-electron chi connectivity index (χ2n) is 12.7. The molecule has 3 aliphatic rings. The lowest BCUT2D eigenvalue weighted by Gasteiger charge is -2.32. The molecule has 2 aromatic carbocycles. The van der Waals surface area contributed by atoms with Crippen LogP contribution in [0.25, 0.3) is 0 Å². The predicted octanol–water partition coefficient (Wildman–Crippen LogP) is 7.07. The molecule has 0 bridgehead atoms. The van der Waals surface area contributed by atoms with E-state index in [9.17, 15) is 9.59 Å². The van der Waals surface area contributed by atoms with E-state index in [1.165, 1.54) is 19.3 Å². The third-order valence-electron chi connectivity index (χ3n) is 8.51. The Labute approximate surface area is 267 Å². The summed E-state index contributed by atoms with van der Waals surface area (Å²) in [6, 6.07) is 13.8. The molecule has 1 saturated carbocycles. The Morgan fingerprint density at radius 1 is 0.978 bits per heavy atom. The van der Waals surface area contributed by atoms with Crippen LogP contribution in [0, 0.1) is 0 Å². The maximum absolute atomic E-state index is 12.4. The van der Waals surface area contributed by atoms with Crippen LogP contribution < -0.4 is 15.4 Å². The summed E-state index contributed by atoms with van der Waals surface area (Å²) in [5, 5.41) is 6.02. The van der Waals surface area contributed by atoms with Gasteiger partial charge in [-0.15, -0.1) is 0 Å². The third kappa shape index (κ3) is 10.3. The van der Waals surface area contributed by atoms with Crippen molar-refractivity contribution in [2.24, 2.45) is 0 Å². The maximum atomic E-state index is 12.4. The van der Waals surface area contributed by atoms with E-state index in [0.29, 0.717) is 46.1 Å². The van der Waals surface area contributed by atoms with Gasteiger partial charge in [-0.3, -0.25) is 0 Å². The van der Waals surface area contributed by atoms with Gasteiger partial charge in [0.1, 0.15) is 11.9 Å². The van der Waals surface area contributed by atoms with Crippen LogP contribution in [0.3, 0.4) is 0 Å². The zero-order chi connectivity index (χ0) is 31.5. The van der Waals surface area contributed by atoms with Gasteiger partial charge in [0.15, 0.2) is 0 Å². The second-order valence-corrected chi connectivity index (χ2v) is 12.7. The number of ether oxygens (including phenoxy) is 5. The van der Waals surface area contributed by atoms with Gasteiger partial charge in [0.2, 0.25) is 5.79 Å². The topological polar surface area (TPSA) is 108 Å². The molecule has 10 nitrogen and oxygen atoms in total. The Bertz CT molecular complexity index is 1260. The maximum Gasteiger partial charge on any atom is 0.410 e. The summed E-state index contributed by atoms with van der Waals surface area (Å²) in [5.74, 6) is 0.188. The fourth-order valence-corrected chi connectivity index (χ4v) is 6.03. The van der Waals surface area contributed by atoms with Crippen molar-refractivity contribution < 1.29 is 33.3 Å². The number of cyclic esters (lactones) is 1. The van der Waals surface area contributed by atoms with Gasteiger partial charge in [-0.2, -0.15) is 0 Å². The first kappa shape index (κ1) is 33.0. The van der Waals surface area contributed by atoms with Gasteiger partial charge in [0.25, 0.3) is 0 Å². The number of carbonyl (C=O) groups excluding carboxylic acids is 2. The highest BCUT2D eigenvalue weighted by molar-refractivity contribution is 5.89. The summed E-state index contributed by atoms with van der Waals surface area (Å²) >= 11 is 0. The molecule has 2 N–H and O–H groups in total. The van der Waals surface area contributed by atoms with Gasteiger partial charge in [-0.1, -0.05) is 50.3 Å². The van der Waals surface area contributed by atoms with Crippen LogP contribution in [0.15, 0.2) is 42.5 Å². The number of hydrogen-bond donors (Lipinski definition) is 2. The third-order valence-corrected chi connectivity index (χ3v) is 8.51. The van der Waals surface area contributed by atoms with E-state index in [1.807, 2.05) is 56.3 Å². The van der Waals surface area contributed by atoms with Gasteiger partial charge >= 0.3 is 12.1 Å². The van der Waals surface area contributed by atoms with E-state index in [4.69, 9.17) is 23.7 Å². The number of fused-ring (bicyclic) bond motifs is 1. The number of amides is 3. The van der Waals surface area contributed by atoms with Gasteiger partial charge in [0.05, 0.1) is 33.0 Å². The van der Waals surface area contributed by atoms with E-state index in [0.717, 1.165) is 66.7 Å². The predicted molar refractivity (Wildman–Crippen MR) is 171 cm³/mol. The number of unbranched alkanes of at least 4 members (excludes halogenated alkanes) is 3. The van der Waals surface area contributed by atoms with E-state index in [-0.39, 0.29) is 24.3 Å². The number of nitrogens with zero attached hydrogens (tertiary/aromatic N) is 1. The summed E-state index contributed by atoms with van der Waals surface area (Å²) in [5.41, 5.74) is 3.73. The summed E-state index contributed by atoms with van der Waals surface area (Å²) in [6.07, 6.45) is 9.21. The van der Waals surface area contributed by atoms with E-state index in [1.54, 1.807) is 4.90 Å². The molecule has 3 amide bonds. The van der Waals surface area contributed by atoms with Crippen LogP contribution in [0.5, 0.6) is 5.75 Å². The highest BCUT2D eigenvalue weighted by atomic mass is 16.7. The lowest BCUT2D eigenvalue weighted by molar-refractivity contribution is -0.180. The number of anilines is 1. The van der Waals surface area contributed by atoms with Crippen molar-refractivity contribution >= 4 is 17.8 Å². The van der Waals surface area contributed by atoms with Crippen LogP contribution in [-0.4, -0.2) is 61.8 Å². The number of urea groups is 1. The zero-order valence-corrected chi connectivity index (χ0v) is 26.8. The average Bonchev–Trinajstić information content (AvgIpc) is 3.39. The molecular formula is C35H49N3O7. The standard InChI is InChI=1S/C35H49N3O7/c1-35(2)43-25-28-22-27(15-16-31(28)45-35)32-23-38(34(40)44-32)17-8-3-4-9-18-41-19-20-42-24-26-11-10-14-30(21-26)37-33(39)36-29-12-6-5-7-13-29/h10-11,14-16,21-22,29,32H,3-9,12-13,17-20,23-25H2,1-2H3,(H2,36,37,39)/t32-/m0/s1. The quantitative estimate of drug-likeness (QED) is 0.204. The van der Waals surface area contributed by atoms with Crippen molar-refractivity contribution in [1.29, 1.82) is 0 Å². The first-order valence-electron chi connectivity index (χ1n) is 16.6. The van der Waals surface area contributed by atoms with Gasteiger partial charge < -0.3 is 39.2 Å². The summed E-state index contributed by atoms with van der Waals surface area (Å²) in [6.45, 7) is 7.74. The smallest absolute Gasteiger partial charge is 0.410 e. The summed E-state index contributed by atoms with van der Waals surface area (Å²) < 4.78 is 28.8. The second kappa shape index (κ2) is 16.3. The SMILES string of the molecule is CC1(C)OCc2cc([C@@H]3CN(CCCCCCOCCOCc4cccc(NC(=O)NC5CCCCC5)c4)C(=O)O3)ccc2O1. The van der Waals surface area contributed by atoms with Gasteiger partial charge in [-0.25, -0.2) is 9.59 Å². The molecule has 2 aliphatic heterocycles. The van der Waals surface area contributed by atoms with Crippen molar-refractivity contribution in [2.75, 3.05) is 38.2 Å². The molecule has 2 heterocycles. The minimum absolute atomic E-state index is 0.141. The number of nitrogens with one attached hydrogen (secondary N) is 2. The Kier molecular flexibility index (Phi) is 12.0. The largest absolute Gasteiger partial charge is 0.463 e. The molecule has 1 saturated heterocycles. The van der Waals surface area contributed by atoms with Gasteiger partial charge in [0, 0.05) is 44.3 Å². The number of carbonyl (C=O) groups is 2. The van der Waals surface area contributed by atoms with Crippen molar-refractivity contribution in [3.05, 3.63) is 59.2 Å². The molecule has 45 heavy (non-hydrogen) atoms. The number of hydrogen-bond acceptors (Lipinski definition) is 7. The molecule has 0 aromatic heterocycles. The molecular weight excluding hydrogens is 574 g/mol. The summed E-state index contributed by atoms with van der Waals surface area (Å²) in [4.78, 5) is 26.6. The highest BCUT2D eigenvalue weighted by Gasteiger charge is 2.33. The van der Waals surface area contributed by atoms with Gasteiger partial charge in [-0.05, 0) is 61.1 Å². The summed E-state index contributed by atoms with van der Waals surface area (Å²) in [7, 11) is 0. The van der Waals surface area contributed by atoms with Crippen LogP contribution in [-0.2, 0) is 32.2 Å². The monoisotopic (exact) mass is 623 g/mol. The van der Waals surface area contributed by atoms with E-state index in [2.05, 4.69) is 10.6 Å². The Hall–Kier alpha value is -3.34. The van der Waals surface area contributed by atoms with Crippen LogP contribution in [0.4, 0.5) is 15.3 Å². The molecule has 2 fully saturated rings. The number of benzene rings is 2. The Morgan fingerprint density at radius 2 is 1.80 bits per heavy atom. The fraction of sp³-hybridized carbons (Fsp3) is 0.600. The molecule has 10 heteroatoms. The Balaban J connectivity index is 0.878. The number of rotatable bonds is 15. The van der Waals surface area contributed by atoms with E-state index < -0.39 is 5.79 Å².